The number of hydrogen-bond acceptors (Lipinski definition) is 6. The molecular formula is C20H20N2O5S. The van der Waals surface area contributed by atoms with Crippen molar-refractivity contribution < 1.29 is 19.4 Å². The highest BCUT2D eigenvalue weighted by Gasteiger charge is 2.07. The van der Waals surface area contributed by atoms with E-state index in [2.05, 4.69) is 15.0 Å². The number of amides is 1. The predicted molar refractivity (Wildman–Crippen MR) is 108 cm³/mol. The van der Waals surface area contributed by atoms with Crippen LogP contribution in [0.15, 0.2) is 53.3 Å². The zero-order chi connectivity index (χ0) is 19.9. The van der Waals surface area contributed by atoms with Crippen LogP contribution in [0.1, 0.15) is 16.0 Å². The van der Waals surface area contributed by atoms with Crippen molar-refractivity contribution in [2.24, 2.45) is 0 Å². The van der Waals surface area contributed by atoms with Crippen LogP contribution in [0.2, 0.25) is 0 Å². The fourth-order valence-corrected chi connectivity index (χ4v) is 3.33. The van der Waals surface area contributed by atoms with Crippen LogP contribution >= 0.6 is 11.3 Å². The molecule has 1 amide bonds. The summed E-state index contributed by atoms with van der Waals surface area (Å²) in [7, 11) is 1.32. The van der Waals surface area contributed by atoms with Gasteiger partial charge in [0.25, 0.3) is 0 Å². The third-order valence-corrected chi connectivity index (χ3v) is 4.91. The lowest BCUT2D eigenvalue weighted by Crippen LogP contribution is -2.10. The Hall–Kier alpha value is -3.26. The lowest BCUT2D eigenvalue weighted by molar-refractivity contribution is 0.187. The molecule has 0 saturated carbocycles. The van der Waals surface area contributed by atoms with Gasteiger partial charge >= 0.3 is 11.0 Å². The van der Waals surface area contributed by atoms with E-state index >= 15 is 0 Å². The van der Waals surface area contributed by atoms with Gasteiger partial charge in [-0.2, -0.15) is 0 Å². The highest BCUT2D eigenvalue weighted by atomic mass is 32.1. The lowest BCUT2D eigenvalue weighted by Gasteiger charge is -2.08. The number of hydrogen-bond donors (Lipinski definition) is 3. The van der Waals surface area contributed by atoms with Gasteiger partial charge in [-0.15, -0.1) is 0 Å². The number of carbonyl (C=O) groups excluding carboxylic acids is 1. The van der Waals surface area contributed by atoms with Gasteiger partial charge in [0.05, 0.1) is 18.6 Å². The van der Waals surface area contributed by atoms with Gasteiger partial charge in [-0.25, -0.2) is 4.79 Å². The van der Waals surface area contributed by atoms with Gasteiger partial charge in [0.2, 0.25) is 5.88 Å². The summed E-state index contributed by atoms with van der Waals surface area (Å²) >= 11 is 1.01. The maximum absolute atomic E-state index is 11.2. The van der Waals surface area contributed by atoms with Crippen molar-refractivity contribution in [1.29, 1.82) is 0 Å². The first-order valence-corrected chi connectivity index (χ1v) is 9.42. The molecule has 0 radical (unpaired) electrons. The Morgan fingerprint density at radius 3 is 2.39 bits per heavy atom. The lowest BCUT2D eigenvalue weighted by atomic mass is 10.1. The van der Waals surface area contributed by atoms with Crippen molar-refractivity contribution in [3.8, 4) is 11.6 Å². The van der Waals surface area contributed by atoms with Crippen molar-refractivity contribution in [3.05, 3.63) is 74.2 Å². The summed E-state index contributed by atoms with van der Waals surface area (Å²) in [6, 6.07) is 15.0. The van der Waals surface area contributed by atoms with Crippen LogP contribution < -0.4 is 14.9 Å². The molecule has 3 rings (SSSR count). The van der Waals surface area contributed by atoms with Crippen LogP contribution in [-0.2, 0) is 17.6 Å². The largest absolute Gasteiger partial charge is 0.494 e. The molecule has 2 aromatic carbocycles. The molecule has 146 valence electrons. The van der Waals surface area contributed by atoms with E-state index in [0.717, 1.165) is 34.6 Å². The number of aromatic amines is 1. The van der Waals surface area contributed by atoms with Crippen molar-refractivity contribution in [2.45, 2.75) is 12.8 Å². The standard InChI is InChI=1S/C20H20N2O5S/c1-26-19(24)21-15-6-2-13(3-7-15)10-11-27-16-8-4-14(5-9-16)12-17-18(23)22-20(25)28-17/h2-9,23H,10-12H2,1H3,(H,21,24)(H,22,25). The minimum absolute atomic E-state index is 0.0665. The summed E-state index contributed by atoms with van der Waals surface area (Å²) in [6.07, 6.45) is 0.716. The van der Waals surface area contributed by atoms with Gasteiger partial charge in [-0.05, 0) is 35.4 Å². The molecule has 3 N–H and O–H groups in total. The molecule has 0 aliphatic rings. The number of carbonyl (C=O) groups is 1. The summed E-state index contributed by atoms with van der Waals surface area (Å²) in [6.45, 7) is 0.517. The van der Waals surface area contributed by atoms with Gasteiger partial charge in [0, 0.05) is 18.5 Å². The monoisotopic (exact) mass is 400 g/mol. The first kappa shape index (κ1) is 19.5. The summed E-state index contributed by atoms with van der Waals surface area (Å²) in [5.74, 6) is 0.683. The molecule has 0 atom stereocenters. The second kappa shape index (κ2) is 9.09. The molecule has 8 heteroatoms. The molecule has 0 saturated heterocycles. The molecule has 3 aromatic rings. The Balaban J connectivity index is 1.48. The van der Waals surface area contributed by atoms with Crippen LogP contribution in [0.25, 0.3) is 0 Å². The topological polar surface area (TPSA) is 101 Å². The Morgan fingerprint density at radius 2 is 1.79 bits per heavy atom. The number of rotatable bonds is 7. The molecule has 1 aromatic heterocycles. The normalized spacial score (nSPS) is 10.5. The fraction of sp³-hybridized carbons (Fsp3) is 0.200. The number of thiazole rings is 1. The minimum atomic E-state index is -0.500. The van der Waals surface area contributed by atoms with Gasteiger partial charge in [-0.3, -0.25) is 15.1 Å². The molecule has 0 aliphatic carbocycles. The number of benzene rings is 2. The Labute approximate surface area is 165 Å². The van der Waals surface area contributed by atoms with Crippen LogP contribution in [0.4, 0.5) is 10.5 Å². The third kappa shape index (κ3) is 5.37. The Kier molecular flexibility index (Phi) is 6.33. The molecule has 1 heterocycles. The van der Waals surface area contributed by atoms with Crippen molar-refractivity contribution in [3.63, 3.8) is 0 Å². The average molecular weight is 400 g/mol. The van der Waals surface area contributed by atoms with E-state index in [1.54, 1.807) is 0 Å². The number of H-pyrrole nitrogens is 1. The maximum Gasteiger partial charge on any atom is 0.411 e. The molecule has 7 nitrogen and oxygen atoms in total. The second-order valence-electron chi connectivity index (χ2n) is 6.02. The van der Waals surface area contributed by atoms with Gasteiger partial charge in [0.15, 0.2) is 0 Å². The predicted octanol–water partition coefficient (Wildman–Crippen LogP) is 3.53. The molecule has 0 unspecified atom stereocenters. The van der Waals surface area contributed by atoms with Crippen LogP contribution in [0.3, 0.4) is 0 Å². The van der Waals surface area contributed by atoms with Gasteiger partial charge in [0.1, 0.15) is 5.75 Å². The highest BCUT2D eigenvalue weighted by molar-refractivity contribution is 7.09. The fourth-order valence-electron chi connectivity index (χ4n) is 2.57. The molecular weight excluding hydrogens is 380 g/mol. The third-order valence-electron chi connectivity index (χ3n) is 4.03. The van der Waals surface area contributed by atoms with E-state index in [0.29, 0.717) is 23.6 Å². The van der Waals surface area contributed by atoms with Gasteiger partial charge in [-0.1, -0.05) is 35.6 Å². The average Bonchev–Trinajstić information content (AvgIpc) is 3.01. The number of aromatic hydroxyl groups is 1. The summed E-state index contributed by atoms with van der Waals surface area (Å²) in [5.41, 5.74) is 2.74. The van der Waals surface area contributed by atoms with Crippen LogP contribution in [0.5, 0.6) is 11.6 Å². The highest BCUT2D eigenvalue weighted by Crippen LogP contribution is 2.22. The Morgan fingerprint density at radius 1 is 1.11 bits per heavy atom. The number of methoxy groups -OCH3 is 1. The van der Waals surface area contributed by atoms with Crippen molar-refractivity contribution in [1.82, 2.24) is 4.98 Å². The smallest absolute Gasteiger partial charge is 0.411 e. The minimum Gasteiger partial charge on any atom is -0.494 e. The molecule has 0 bridgehead atoms. The molecule has 0 aliphatic heterocycles. The van der Waals surface area contributed by atoms with Crippen LogP contribution in [-0.4, -0.2) is 29.9 Å². The first-order valence-electron chi connectivity index (χ1n) is 8.60. The number of anilines is 1. The number of aromatic nitrogens is 1. The first-order chi connectivity index (χ1) is 13.5. The molecule has 0 spiro atoms. The number of ether oxygens (including phenoxy) is 2. The summed E-state index contributed by atoms with van der Waals surface area (Å²) in [5, 5.41) is 12.2. The van der Waals surface area contributed by atoms with E-state index in [1.165, 1.54) is 7.11 Å². The van der Waals surface area contributed by atoms with Crippen molar-refractivity contribution >= 4 is 23.1 Å². The van der Waals surface area contributed by atoms with Crippen LogP contribution in [0, 0.1) is 0 Å². The quantitative estimate of drug-likeness (QED) is 0.563. The van der Waals surface area contributed by atoms with Gasteiger partial charge < -0.3 is 14.6 Å². The summed E-state index contributed by atoms with van der Waals surface area (Å²) < 4.78 is 10.3. The Bertz CT molecular complexity index is 977. The summed E-state index contributed by atoms with van der Waals surface area (Å²) in [4.78, 5) is 25.1. The van der Waals surface area contributed by atoms with Crippen molar-refractivity contribution in [2.75, 3.05) is 19.0 Å². The zero-order valence-electron chi connectivity index (χ0n) is 15.2. The molecule has 28 heavy (non-hydrogen) atoms. The van der Waals surface area contributed by atoms with E-state index in [9.17, 15) is 14.7 Å². The molecule has 0 fully saturated rings. The second-order valence-corrected chi connectivity index (χ2v) is 7.09. The van der Waals surface area contributed by atoms with E-state index in [1.807, 2.05) is 48.5 Å². The van der Waals surface area contributed by atoms with E-state index in [4.69, 9.17) is 4.74 Å². The maximum atomic E-state index is 11.2. The number of nitrogens with one attached hydrogen (secondary N) is 2. The van der Waals surface area contributed by atoms with E-state index < -0.39 is 6.09 Å². The zero-order valence-corrected chi connectivity index (χ0v) is 16.0. The van der Waals surface area contributed by atoms with E-state index in [-0.39, 0.29) is 10.8 Å². The SMILES string of the molecule is COC(=O)Nc1ccc(CCOc2ccc(Cc3sc(=O)[nH]c3O)cc2)cc1.